The molecular formula is C26H27N2O3+. The van der Waals surface area contributed by atoms with E-state index >= 15 is 0 Å². The molecule has 0 unspecified atom stereocenters. The quantitative estimate of drug-likeness (QED) is 0.652. The number of carbonyl (C=O) groups excluding carboxylic acids is 2. The van der Waals surface area contributed by atoms with Crippen molar-refractivity contribution in [1.29, 1.82) is 0 Å². The average molecular weight is 416 g/mol. The van der Waals surface area contributed by atoms with Gasteiger partial charge in [0.25, 0.3) is 5.91 Å². The second-order valence-corrected chi connectivity index (χ2v) is 7.77. The van der Waals surface area contributed by atoms with E-state index in [0.717, 1.165) is 13.1 Å². The summed E-state index contributed by atoms with van der Waals surface area (Å²) in [5, 5.41) is 0. The standard InChI is InChI=1S/C26H26N2O3/c1-31-26(30)23-14-12-22(13-15-23)25(29)28-18-16-27(17-19-28)24(20-8-4-2-5-9-20)21-10-6-3-7-11-21/h2-15,24H,16-19H2,1H3/p+1. The molecule has 1 aliphatic rings. The number of esters is 1. The smallest absolute Gasteiger partial charge is 0.337 e. The molecule has 1 aliphatic heterocycles. The second-order valence-electron chi connectivity index (χ2n) is 7.77. The maximum Gasteiger partial charge on any atom is 0.337 e. The number of rotatable bonds is 5. The lowest BCUT2D eigenvalue weighted by Gasteiger charge is -2.37. The summed E-state index contributed by atoms with van der Waals surface area (Å²) in [5.74, 6) is -0.393. The van der Waals surface area contributed by atoms with Crippen molar-refractivity contribution < 1.29 is 19.2 Å². The first kappa shape index (κ1) is 20.8. The van der Waals surface area contributed by atoms with Crippen molar-refractivity contribution in [3.05, 3.63) is 107 Å². The first-order valence-electron chi connectivity index (χ1n) is 10.6. The summed E-state index contributed by atoms with van der Waals surface area (Å²) < 4.78 is 4.72. The zero-order valence-corrected chi connectivity index (χ0v) is 17.7. The van der Waals surface area contributed by atoms with Crippen molar-refractivity contribution in [2.75, 3.05) is 33.3 Å². The van der Waals surface area contributed by atoms with E-state index in [1.165, 1.54) is 23.1 Å². The van der Waals surface area contributed by atoms with Crippen molar-refractivity contribution in [2.45, 2.75) is 6.04 Å². The van der Waals surface area contributed by atoms with E-state index < -0.39 is 5.97 Å². The molecule has 1 fully saturated rings. The summed E-state index contributed by atoms with van der Waals surface area (Å²) in [6, 6.07) is 28.1. The Morgan fingerprint density at radius 2 is 1.26 bits per heavy atom. The van der Waals surface area contributed by atoms with Crippen LogP contribution in [0.25, 0.3) is 0 Å². The van der Waals surface area contributed by atoms with E-state index in [4.69, 9.17) is 4.74 Å². The van der Waals surface area contributed by atoms with Crippen LogP contribution in [-0.2, 0) is 4.74 Å². The maximum atomic E-state index is 13.0. The van der Waals surface area contributed by atoms with Crippen molar-refractivity contribution >= 4 is 11.9 Å². The van der Waals surface area contributed by atoms with E-state index in [9.17, 15) is 9.59 Å². The van der Waals surface area contributed by atoms with Crippen molar-refractivity contribution in [1.82, 2.24) is 4.90 Å². The molecule has 0 bridgehead atoms. The van der Waals surface area contributed by atoms with Crippen LogP contribution in [0.5, 0.6) is 0 Å². The van der Waals surface area contributed by atoms with Gasteiger partial charge in [-0.15, -0.1) is 0 Å². The molecule has 0 aliphatic carbocycles. The number of ether oxygens (including phenoxy) is 1. The fraction of sp³-hybridized carbons (Fsp3) is 0.231. The molecule has 5 nitrogen and oxygen atoms in total. The number of amides is 1. The number of methoxy groups -OCH3 is 1. The number of nitrogens with one attached hydrogen (secondary N) is 1. The van der Waals surface area contributed by atoms with E-state index in [0.29, 0.717) is 24.2 Å². The molecule has 0 aromatic heterocycles. The minimum absolute atomic E-state index is 0.00596. The van der Waals surface area contributed by atoms with E-state index in [1.807, 2.05) is 17.0 Å². The number of carbonyl (C=O) groups is 2. The van der Waals surface area contributed by atoms with Crippen LogP contribution >= 0.6 is 0 Å². The molecule has 1 heterocycles. The topological polar surface area (TPSA) is 51.1 Å². The molecule has 3 aromatic rings. The highest BCUT2D eigenvalue weighted by atomic mass is 16.5. The molecule has 0 saturated carbocycles. The minimum atomic E-state index is -0.399. The Balaban J connectivity index is 1.46. The van der Waals surface area contributed by atoms with E-state index in [-0.39, 0.29) is 11.9 Å². The Morgan fingerprint density at radius 1 is 0.774 bits per heavy atom. The molecule has 0 spiro atoms. The largest absolute Gasteiger partial charge is 0.465 e. The van der Waals surface area contributed by atoms with Gasteiger partial charge in [0.1, 0.15) is 6.04 Å². The zero-order chi connectivity index (χ0) is 21.6. The van der Waals surface area contributed by atoms with Crippen LogP contribution in [0.1, 0.15) is 37.9 Å². The van der Waals surface area contributed by atoms with Crippen LogP contribution in [0.15, 0.2) is 84.9 Å². The fourth-order valence-electron chi connectivity index (χ4n) is 4.29. The number of benzene rings is 3. The normalized spacial score (nSPS) is 14.5. The van der Waals surface area contributed by atoms with Gasteiger partial charge in [-0.1, -0.05) is 60.7 Å². The molecule has 0 radical (unpaired) electrons. The van der Waals surface area contributed by atoms with Gasteiger partial charge in [0.05, 0.1) is 38.9 Å². The highest BCUT2D eigenvalue weighted by Gasteiger charge is 2.31. The molecule has 1 saturated heterocycles. The lowest BCUT2D eigenvalue weighted by Crippen LogP contribution is -3.15. The van der Waals surface area contributed by atoms with Crippen LogP contribution in [0.2, 0.25) is 0 Å². The Hall–Kier alpha value is -3.44. The van der Waals surface area contributed by atoms with E-state index in [2.05, 4.69) is 48.5 Å². The van der Waals surface area contributed by atoms with Crippen LogP contribution in [0.4, 0.5) is 0 Å². The number of quaternary nitrogens is 1. The van der Waals surface area contributed by atoms with Gasteiger partial charge in [-0.2, -0.15) is 0 Å². The summed E-state index contributed by atoms with van der Waals surface area (Å²) in [6.45, 7) is 3.15. The van der Waals surface area contributed by atoms with Gasteiger partial charge in [0.15, 0.2) is 0 Å². The molecule has 3 aromatic carbocycles. The SMILES string of the molecule is COC(=O)c1ccc(C(=O)N2CC[NH+](C(c3ccccc3)c3ccccc3)CC2)cc1. The summed E-state index contributed by atoms with van der Waals surface area (Å²) in [5.41, 5.74) is 3.63. The van der Waals surface area contributed by atoms with Crippen LogP contribution in [0, 0.1) is 0 Å². The predicted molar refractivity (Wildman–Crippen MR) is 119 cm³/mol. The highest BCUT2D eigenvalue weighted by Crippen LogP contribution is 2.19. The Morgan fingerprint density at radius 3 is 1.74 bits per heavy atom. The third-order valence-corrected chi connectivity index (χ3v) is 5.92. The number of hydrogen-bond acceptors (Lipinski definition) is 3. The zero-order valence-electron chi connectivity index (χ0n) is 17.7. The second kappa shape index (κ2) is 9.58. The van der Waals surface area contributed by atoms with Gasteiger partial charge >= 0.3 is 5.97 Å². The maximum absolute atomic E-state index is 13.0. The Labute approximate surface area is 182 Å². The molecule has 5 heteroatoms. The number of hydrogen-bond donors (Lipinski definition) is 1. The van der Waals surface area contributed by atoms with Crippen LogP contribution in [-0.4, -0.2) is 50.1 Å². The van der Waals surface area contributed by atoms with Crippen LogP contribution < -0.4 is 4.90 Å². The first-order chi connectivity index (χ1) is 15.2. The van der Waals surface area contributed by atoms with Gasteiger partial charge in [-0.25, -0.2) is 4.79 Å². The Kier molecular flexibility index (Phi) is 6.43. The van der Waals surface area contributed by atoms with Crippen molar-refractivity contribution in [2.24, 2.45) is 0 Å². The summed E-state index contributed by atoms with van der Waals surface area (Å²) in [4.78, 5) is 27.9. The molecule has 0 atom stereocenters. The molecule has 31 heavy (non-hydrogen) atoms. The number of piperazine rings is 1. The predicted octanol–water partition coefficient (Wildman–Crippen LogP) is 2.60. The summed E-state index contributed by atoms with van der Waals surface area (Å²) >= 11 is 0. The summed E-state index contributed by atoms with van der Waals surface area (Å²) in [6.07, 6.45) is 0. The average Bonchev–Trinajstić information content (AvgIpc) is 2.85. The van der Waals surface area contributed by atoms with E-state index in [1.54, 1.807) is 24.3 Å². The minimum Gasteiger partial charge on any atom is -0.465 e. The third-order valence-electron chi connectivity index (χ3n) is 5.92. The first-order valence-corrected chi connectivity index (χ1v) is 10.6. The third kappa shape index (κ3) is 4.67. The van der Waals surface area contributed by atoms with Crippen molar-refractivity contribution in [3.63, 3.8) is 0 Å². The van der Waals surface area contributed by atoms with Gasteiger partial charge in [0, 0.05) is 16.7 Å². The van der Waals surface area contributed by atoms with Gasteiger partial charge < -0.3 is 14.5 Å². The lowest BCUT2D eigenvalue weighted by atomic mass is 9.96. The fourth-order valence-corrected chi connectivity index (χ4v) is 4.29. The van der Waals surface area contributed by atoms with Crippen LogP contribution in [0.3, 0.4) is 0 Å². The van der Waals surface area contributed by atoms with Crippen molar-refractivity contribution in [3.8, 4) is 0 Å². The molecular weight excluding hydrogens is 388 g/mol. The molecule has 4 rings (SSSR count). The molecule has 1 amide bonds. The monoisotopic (exact) mass is 415 g/mol. The summed E-state index contributed by atoms with van der Waals surface area (Å²) in [7, 11) is 1.35. The van der Waals surface area contributed by atoms with Gasteiger partial charge in [0.2, 0.25) is 0 Å². The Bertz CT molecular complexity index is 972. The van der Waals surface area contributed by atoms with Gasteiger partial charge in [-0.3, -0.25) is 4.79 Å². The highest BCUT2D eigenvalue weighted by molar-refractivity contribution is 5.96. The molecule has 158 valence electrons. The number of nitrogens with zero attached hydrogens (tertiary/aromatic N) is 1. The lowest BCUT2D eigenvalue weighted by molar-refractivity contribution is -0.929. The van der Waals surface area contributed by atoms with Gasteiger partial charge in [-0.05, 0) is 24.3 Å². The molecule has 1 N–H and O–H groups in total.